The number of allylic oxidation sites excluding steroid dienone is 1. The largest absolute Gasteiger partial charge is 0.357 e. The Bertz CT molecular complexity index is 1990. The zero-order valence-corrected chi connectivity index (χ0v) is 25.8. The Morgan fingerprint density at radius 2 is 1.52 bits per heavy atom. The van der Waals surface area contributed by atoms with E-state index >= 15 is 0 Å². The first-order valence-corrected chi connectivity index (χ1v) is 15.8. The maximum Gasteiger partial charge on any atom is 0.254 e. The van der Waals surface area contributed by atoms with Gasteiger partial charge in [0.15, 0.2) is 5.78 Å². The lowest BCUT2D eigenvalue weighted by molar-refractivity contribution is -0.132. The molecule has 3 aromatic heterocycles. The minimum Gasteiger partial charge on any atom is -0.357 e. The van der Waals surface area contributed by atoms with E-state index in [1.54, 1.807) is 53.7 Å². The summed E-state index contributed by atoms with van der Waals surface area (Å²) in [5, 5.41) is 25.3. The molecule has 1 aliphatic carbocycles. The molecule has 0 spiro atoms. The van der Waals surface area contributed by atoms with Crippen LogP contribution in [0.5, 0.6) is 0 Å². The van der Waals surface area contributed by atoms with Gasteiger partial charge in [0.2, 0.25) is 5.95 Å². The van der Waals surface area contributed by atoms with Crippen LogP contribution in [0.15, 0.2) is 116 Å². The molecule has 1 amide bonds. The zero-order valence-electron chi connectivity index (χ0n) is 25.8. The van der Waals surface area contributed by atoms with Crippen LogP contribution < -0.4 is 10.2 Å². The summed E-state index contributed by atoms with van der Waals surface area (Å²) < 4.78 is 1.73. The van der Waals surface area contributed by atoms with Crippen LogP contribution in [0.25, 0.3) is 5.69 Å². The predicted molar refractivity (Wildman–Crippen MR) is 174 cm³/mol. The summed E-state index contributed by atoms with van der Waals surface area (Å²) in [5.74, 6) is 1.16. The second-order valence-corrected chi connectivity index (χ2v) is 12.5. The Kier molecular flexibility index (Phi) is 7.21. The number of para-hydroxylation sites is 1. The van der Waals surface area contributed by atoms with Crippen LogP contribution in [0.1, 0.15) is 27.0 Å². The molecule has 236 valence electrons. The van der Waals surface area contributed by atoms with E-state index in [0.717, 1.165) is 16.8 Å². The van der Waals surface area contributed by atoms with Crippen molar-refractivity contribution in [3.8, 4) is 11.8 Å². The number of nitriles is 1. The van der Waals surface area contributed by atoms with Crippen molar-refractivity contribution in [2.24, 2.45) is 11.8 Å². The third kappa shape index (κ3) is 5.25. The van der Waals surface area contributed by atoms with Crippen molar-refractivity contribution >= 4 is 17.6 Å². The molecule has 12 heteroatoms. The lowest BCUT2D eigenvalue weighted by Crippen LogP contribution is -2.51. The molecule has 48 heavy (non-hydrogen) atoms. The first kappa shape index (κ1) is 29.2. The Balaban J connectivity index is 1.13. The lowest BCUT2D eigenvalue weighted by atomic mass is 9.85. The quantitative estimate of drug-likeness (QED) is 0.190. The van der Waals surface area contributed by atoms with Crippen LogP contribution in [-0.2, 0) is 17.6 Å². The number of anilines is 1. The molecule has 3 atom stereocenters. The molecule has 12 nitrogen and oxygen atoms in total. The van der Waals surface area contributed by atoms with Gasteiger partial charge in [-0.05, 0) is 82.2 Å². The summed E-state index contributed by atoms with van der Waals surface area (Å²) in [4.78, 5) is 40.9. The third-order valence-corrected chi connectivity index (χ3v) is 9.52. The Labute approximate surface area is 276 Å². The van der Waals surface area contributed by atoms with Crippen LogP contribution in [-0.4, -0.2) is 71.4 Å². The number of ketones is 1. The van der Waals surface area contributed by atoms with Gasteiger partial charge < -0.3 is 10.2 Å². The smallest absolute Gasteiger partial charge is 0.254 e. The van der Waals surface area contributed by atoms with Gasteiger partial charge in [0, 0.05) is 80.2 Å². The van der Waals surface area contributed by atoms with Crippen LogP contribution in [0.3, 0.4) is 0 Å². The van der Waals surface area contributed by atoms with E-state index in [1.807, 2.05) is 59.5 Å². The molecule has 3 fully saturated rings. The second-order valence-electron chi connectivity index (χ2n) is 12.5. The van der Waals surface area contributed by atoms with E-state index < -0.39 is 5.54 Å². The summed E-state index contributed by atoms with van der Waals surface area (Å²) in [6.45, 7) is 1.34. The molecule has 2 saturated heterocycles. The minimum atomic E-state index is -1.05. The standard InChI is InChI=1S/C36H30N10O2/c37-21-26-6-8-27(9-7-26)31(47)18-32-40-36(19-24-10-14-38-15-11-24,20-25-12-16-39-17-13-25)34(48)45(32)33-29-22-44(23-30(29)33)35-41-42-43-46(35)28-4-2-1-3-5-28/h1-18,29-30,33,40H,19-20,22-23H2/b32-18+/t29-,30+,33+. The van der Waals surface area contributed by atoms with Crippen molar-refractivity contribution in [1.82, 2.24) is 40.4 Å². The first-order chi connectivity index (χ1) is 23.5. The van der Waals surface area contributed by atoms with Crippen molar-refractivity contribution < 1.29 is 9.59 Å². The number of fused-ring (bicyclic) bond motifs is 1. The number of carbonyl (C=O) groups excluding carboxylic acids is 2. The molecular formula is C36H30N10O2. The average Bonchev–Trinajstić information content (AvgIpc) is 3.48. The number of aromatic nitrogens is 6. The summed E-state index contributed by atoms with van der Waals surface area (Å²) in [6.07, 6.45) is 9.22. The number of nitrogens with zero attached hydrogens (tertiary/aromatic N) is 9. The fourth-order valence-corrected chi connectivity index (χ4v) is 7.17. The SMILES string of the molecule is N#Cc1ccc(C(=O)/C=C2\NC(Cc3ccncc3)(Cc3ccncc3)C(=O)N2[C@H]2[C@@H]3CN(c4nnnn4-c4ccccc4)C[C@@H]32)cc1. The number of tetrazole rings is 1. The number of hydrogen-bond donors (Lipinski definition) is 1. The average molecular weight is 635 g/mol. The maximum atomic E-state index is 14.9. The summed E-state index contributed by atoms with van der Waals surface area (Å²) in [7, 11) is 0. The van der Waals surface area contributed by atoms with Gasteiger partial charge in [-0.25, -0.2) is 0 Å². The highest BCUT2D eigenvalue weighted by Crippen LogP contribution is 2.52. The number of nitrogens with one attached hydrogen (secondary N) is 1. The highest BCUT2D eigenvalue weighted by molar-refractivity contribution is 6.06. The molecule has 0 bridgehead atoms. The number of rotatable bonds is 9. The molecule has 1 saturated carbocycles. The topological polar surface area (TPSA) is 146 Å². The van der Waals surface area contributed by atoms with Crippen molar-refractivity contribution in [2.75, 3.05) is 18.0 Å². The highest BCUT2D eigenvalue weighted by Gasteiger charge is 2.65. The van der Waals surface area contributed by atoms with Gasteiger partial charge in [-0.1, -0.05) is 23.3 Å². The lowest BCUT2D eigenvalue weighted by Gasteiger charge is -2.28. The van der Waals surface area contributed by atoms with Gasteiger partial charge in [0.25, 0.3) is 5.91 Å². The molecule has 2 aromatic carbocycles. The van der Waals surface area contributed by atoms with Crippen molar-refractivity contribution in [3.63, 3.8) is 0 Å². The van der Waals surface area contributed by atoms with E-state index in [0.29, 0.717) is 48.8 Å². The minimum absolute atomic E-state index is 0.0740. The fraction of sp³-hybridized carbons (Fsp3) is 0.222. The van der Waals surface area contributed by atoms with Crippen molar-refractivity contribution in [1.29, 1.82) is 5.26 Å². The van der Waals surface area contributed by atoms with E-state index in [1.165, 1.54) is 6.08 Å². The van der Waals surface area contributed by atoms with Crippen LogP contribution in [0, 0.1) is 23.2 Å². The monoisotopic (exact) mass is 634 g/mol. The van der Waals surface area contributed by atoms with Gasteiger partial charge in [0.1, 0.15) is 11.4 Å². The first-order valence-electron chi connectivity index (χ1n) is 15.8. The van der Waals surface area contributed by atoms with Crippen LogP contribution in [0.2, 0.25) is 0 Å². The van der Waals surface area contributed by atoms with Gasteiger partial charge in [-0.3, -0.25) is 24.5 Å². The fourth-order valence-electron chi connectivity index (χ4n) is 7.17. The number of amides is 1. The molecule has 0 radical (unpaired) electrons. The van der Waals surface area contributed by atoms with E-state index in [4.69, 9.17) is 0 Å². The summed E-state index contributed by atoms with van der Waals surface area (Å²) in [5.41, 5.74) is 2.64. The van der Waals surface area contributed by atoms with Crippen LogP contribution in [0.4, 0.5) is 5.95 Å². The van der Waals surface area contributed by atoms with E-state index in [-0.39, 0.29) is 29.6 Å². The number of benzene rings is 2. The Morgan fingerprint density at radius 1 is 0.896 bits per heavy atom. The summed E-state index contributed by atoms with van der Waals surface area (Å²) >= 11 is 0. The number of carbonyl (C=O) groups is 2. The van der Waals surface area contributed by atoms with Gasteiger partial charge in [-0.2, -0.15) is 9.94 Å². The zero-order chi connectivity index (χ0) is 32.7. The molecular weight excluding hydrogens is 604 g/mol. The number of hydrogen-bond acceptors (Lipinski definition) is 10. The van der Waals surface area contributed by atoms with Gasteiger partial charge >= 0.3 is 0 Å². The molecule has 8 rings (SSSR count). The maximum absolute atomic E-state index is 14.9. The van der Waals surface area contributed by atoms with Gasteiger partial charge in [0.05, 0.1) is 17.3 Å². The molecule has 3 aliphatic rings. The Morgan fingerprint density at radius 3 is 2.12 bits per heavy atom. The van der Waals surface area contributed by atoms with E-state index in [9.17, 15) is 14.9 Å². The van der Waals surface area contributed by atoms with Crippen LogP contribution >= 0.6 is 0 Å². The third-order valence-electron chi connectivity index (χ3n) is 9.52. The molecule has 0 unspecified atom stereocenters. The highest BCUT2D eigenvalue weighted by atomic mass is 16.2. The Hall–Kier alpha value is -6.22. The van der Waals surface area contributed by atoms with Crippen molar-refractivity contribution in [3.05, 3.63) is 138 Å². The second kappa shape index (κ2) is 11.9. The molecule has 5 aromatic rings. The van der Waals surface area contributed by atoms with E-state index in [2.05, 4.69) is 41.8 Å². The predicted octanol–water partition coefficient (Wildman–Crippen LogP) is 3.14. The van der Waals surface area contributed by atoms with Gasteiger partial charge in [-0.15, -0.1) is 0 Å². The normalized spacial score (nSPS) is 21.5. The molecule has 1 N–H and O–H groups in total. The molecule has 5 heterocycles. The number of piperidine rings is 1. The molecule has 2 aliphatic heterocycles. The summed E-state index contributed by atoms with van der Waals surface area (Å²) in [6, 6.07) is 25.9. The number of pyridine rings is 2. The van der Waals surface area contributed by atoms with Crippen molar-refractivity contribution in [2.45, 2.75) is 24.4 Å².